The second-order valence-corrected chi connectivity index (χ2v) is 1.78. The molecule has 40 valence electrons. The van der Waals surface area contributed by atoms with Gasteiger partial charge in [-0.1, -0.05) is 0 Å². The van der Waals surface area contributed by atoms with E-state index >= 15 is 0 Å². The van der Waals surface area contributed by atoms with Crippen LogP contribution in [0.1, 0.15) is 11.3 Å². The fourth-order valence-electron chi connectivity index (χ4n) is 0.575. The third kappa shape index (κ3) is 1.06. The lowest BCUT2D eigenvalue weighted by Crippen LogP contribution is -1.80. The summed E-state index contributed by atoms with van der Waals surface area (Å²) >= 11 is 0. The molecular weight excluding hydrogens is 98.1 g/mol. The third-order valence-corrected chi connectivity index (χ3v) is 0.891. The second-order valence-electron chi connectivity index (χ2n) is 1.78. The van der Waals surface area contributed by atoms with Crippen LogP contribution in [0.15, 0.2) is 6.07 Å². The van der Waals surface area contributed by atoms with Gasteiger partial charge in [0.1, 0.15) is 0 Å². The first-order valence-electron chi connectivity index (χ1n) is 2.52. The van der Waals surface area contributed by atoms with Crippen molar-refractivity contribution in [2.75, 3.05) is 0 Å². The van der Waals surface area contributed by atoms with Gasteiger partial charge in [-0.25, -0.2) is 0 Å². The molecule has 0 aliphatic heterocycles. The first-order chi connectivity index (χ1) is 3.79. The molecule has 0 amide bonds. The zero-order chi connectivity index (χ0) is 5.98. The predicted octanol–water partition coefficient (Wildman–Crippen LogP) is 1.30. The minimum Gasteiger partial charge on any atom is -0.251 e. The Morgan fingerprint density at radius 1 is 1.50 bits per heavy atom. The summed E-state index contributed by atoms with van der Waals surface area (Å²) in [5.41, 5.74) is 2.00. The maximum Gasteiger partial charge on any atom is 0.0892 e. The molecule has 0 aliphatic carbocycles. The molecule has 0 aromatic carbocycles. The Morgan fingerprint density at radius 3 is 2.62 bits per heavy atom. The number of hydrogen-bond acceptors (Lipinski definition) is 1. The minimum atomic E-state index is 0.907. The SMILES string of the molecule is Cc1[c]c(C)n[c]c1. The van der Waals surface area contributed by atoms with E-state index in [1.165, 1.54) is 0 Å². The van der Waals surface area contributed by atoms with Crippen molar-refractivity contribution >= 4 is 0 Å². The van der Waals surface area contributed by atoms with E-state index in [0.717, 1.165) is 11.3 Å². The van der Waals surface area contributed by atoms with Gasteiger partial charge in [0.2, 0.25) is 0 Å². The third-order valence-electron chi connectivity index (χ3n) is 0.891. The summed E-state index contributed by atoms with van der Waals surface area (Å²) in [7, 11) is 0. The van der Waals surface area contributed by atoms with E-state index < -0.39 is 0 Å². The molecule has 1 heterocycles. The highest BCUT2D eigenvalue weighted by Gasteiger charge is 1.83. The lowest BCUT2D eigenvalue weighted by molar-refractivity contribution is 1.16. The van der Waals surface area contributed by atoms with E-state index in [1.54, 1.807) is 0 Å². The van der Waals surface area contributed by atoms with E-state index in [0.29, 0.717) is 0 Å². The Kier molecular flexibility index (Phi) is 1.29. The molecule has 0 bridgehead atoms. The Hall–Kier alpha value is -0.850. The molecule has 8 heavy (non-hydrogen) atoms. The summed E-state index contributed by atoms with van der Waals surface area (Å²) in [6.07, 6.45) is 2.75. The van der Waals surface area contributed by atoms with Gasteiger partial charge in [0.15, 0.2) is 0 Å². The molecular formula is C7H7N. The van der Waals surface area contributed by atoms with Crippen molar-refractivity contribution in [2.24, 2.45) is 0 Å². The molecule has 0 atom stereocenters. The molecule has 0 saturated carbocycles. The van der Waals surface area contributed by atoms with Crippen molar-refractivity contribution in [1.29, 1.82) is 0 Å². The summed E-state index contributed by atoms with van der Waals surface area (Å²) in [5, 5.41) is 0. The Bertz CT molecular complexity index is 164. The zero-order valence-corrected chi connectivity index (χ0v) is 5.02. The summed E-state index contributed by atoms with van der Waals surface area (Å²) in [5.74, 6) is 0. The molecule has 0 N–H and O–H groups in total. The van der Waals surface area contributed by atoms with Gasteiger partial charge in [-0.15, -0.1) is 0 Å². The van der Waals surface area contributed by atoms with Crippen molar-refractivity contribution in [3.05, 3.63) is 29.6 Å². The van der Waals surface area contributed by atoms with Gasteiger partial charge in [0, 0.05) is 11.8 Å². The molecule has 0 unspecified atom stereocenters. The standard InChI is InChI=1S/C7H7N/c1-6-3-4-8-7(2)5-6/h3H,1-2H3. The molecule has 1 aromatic heterocycles. The van der Waals surface area contributed by atoms with Crippen molar-refractivity contribution < 1.29 is 0 Å². The highest BCUT2D eigenvalue weighted by molar-refractivity contribution is 5.09. The summed E-state index contributed by atoms with van der Waals surface area (Å²) in [6.45, 7) is 3.88. The quantitative estimate of drug-likeness (QED) is 0.484. The van der Waals surface area contributed by atoms with Crippen LogP contribution in [0.3, 0.4) is 0 Å². The zero-order valence-electron chi connectivity index (χ0n) is 5.02. The fourth-order valence-corrected chi connectivity index (χ4v) is 0.575. The Labute approximate surface area is 49.4 Å². The lowest BCUT2D eigenvalue weighted by Gasteiger charge is -1.88. The number of pyridine rings is 1. The number of aromatic nitrogens is 1. The molecule has 1 heteroatoms. The largest absolute Gasteiger partial charge is 0.251 e. The van der Waals surface area contributed by atoms with Gasteiger partial charge >= 0.3 is 0 Å². The van der Waals surface area contributed by atoms with E-state index in [4.69, 9.17) is 0 Å². The normalized spacial score (nSPS) is 9.25. The first kappa shape index (κ1) is 5.29. The molecule has 0 saturated heterocycles. The number of nitrogens with zero attached hydrogens (tertiary/aromatic N) is 1. The molecule has 1 rings (SSSR count). The van der Waals surface area contributed by atoms with Crippen molar-refractivity contribution in [2.45, 2.75) is 13.8 Å². The van der Waals surface area contributed by atoms with Gasteiger partial charge in [-0.3, -0.25) is 4.98 Å². The predicted molar refractivity (Wildman–Crippen MR) is 31.4 cm³/mol. The van der Waals surface area contributed by atoms with Crippen LogP contribution in [0.2, 0.25) is 0 Å². The van der Waals surface area contributed by atoms with Gasteiger partial charge in [0.25, 0.3) is 0 Å². The van der Waals surface area contributed by atoms with Crippen LogP contribution in [0.4, 0.5) is 0 Å². The van der Waals surface area contributed by atoms with E-state index in [9.17, 15) is 0 Å². The first-order valence-corrected chi connectivity index (χ1v) is 2.52. The number of hydrogen-bond donors (Lipinski definition) is 0. The minimum absolute atomic E-state index is 0.907. The second kappa shape index (κ2) is 1.95. The summed E-state index contributed by atoms with van der Waals surface area (Å²) < 4.78 is 0. The van der Waals surface area contributed by atoms with Gasteiger partial charge in [-0.05, 0) is 25.5 Å². The van der Waals surface area contributed by atoms with Crippen molar-refractivity contribution in [1.82, 2.24) is 4.98 Å². The molecule has 0 spiro atoms. The number of rotatable bonds is 0. The van der Waals surface area contributed by atoms with Crippen LogP contribution in [0.5, 0.6) is 0 Å². The highest BCUT2D eigenvalue weighted by Crippen LogP contribution is 1.93. The van der Waals surface area contributed by atoms with Crippen LogP contribution in [0.25, 0.3) is 0 Å². The van der Waals surface area contributed by atoms with Crippen LogP contribution in [-0.4, -0.2) is 4.98 Å². The van der Waals surface area contributed by atoms with Crippen LogP contribution in [-0.2, 0) is 0 Å². The van der Waals surface area contributed by atoms with E-state index in [-0.39, 0.29) is 0 Å². The van der Waals surface area contributed by atoms with E-state index in [1.807, 2.05) is 19.9 Å². The summed E-state index contributed by atoms with van der Waals surface area (Å²) in [6, 6.07) is 4.84. The van der Waals surface area contributed by atoms with Crippen LogP contribution < -0.4 is 0 Å². The molecule has 0 fully saturated rings. The fraction of sp³-hybridized carbons (Fsp3) is 0.286. The van der Waals surface area contributed by atoms with Gasteiger partial charge in [0.05, 0.1) is 6.20 Å². The maximum atomic E-state index is 3.86. The smallest absolute Gasteiger partial charge is 0.0892 e. The lowest BCUT2D eigenvalue weighted by atomic mass is 10.3. The Morgan fingerprint density at radius 2 is 2.25 bits per heavy atom. The van der Waals surface area contributed by atoms with Crippen LogP contribution in [0, 0.1) is 26.1 Å². The van der Waals surface area contributed by atoms with E-state index in [2.05, 4.69) is 17.2 Å². The molecule has 0 aliphatic rings. The maximum absolute atomic E-state index is 3.86. The van der Waals surface area contributed by atoms with Crippen molar-refractivity contribution in [3.63, 3.8) is 0 Å². The molecule has 1 aromatic rings. The Balaban J connectivity index is 3.08. The molecule has 1 nitrogen and oxygen atoms in total. The monoisotopic (exact) mass is 105 g/mol. The van der Waals surface area contributed by atoms with Crippen molar-refractivity contribution in [3.8, 4) is 0 Å². The molecule has 2 radical (unpaired) electrons. The van der Waals surface area contributed by atoms with Gasteiger partial charge < -0.3 is 0 Å². The van der Waals surface area contributed by atoms with Gasteiger partial charge in [-0.2, -0.15) is 0 Å². The van der Waals surface area contributed by atoms with Crippen LogP contribution >= 0.6 is 0 Å². The average Bonchev–Trinajstić information content (AvgIpc) is 1.64. The topological polar surface area (TPSA) is 12.9 Å². The highest BCUT2D eigenvalue weighted by atomic mass is 14.6. The average molecular weight is 105 g/mol. The summed E-state index contributed by atoms with van der Waals surface area (Å²) in [4.78, 5) is 3.86. The number of aryl methyl sites for hydroxylation is 2.